The van der Waals surface area contributed by atoms with Crippen LogP contribution >= 0.6 is 31.9 Å². The predicted octanol–water partition coefficient (Wildman–Crippen LogP) is 5.69. The molecule has 4 nitrogen and oxygen atoms in total. The van der Waals surface area contributed by atoms with E-state index in [1.54, 1.807) is 42.6 Å². The summed E-state index contributed by atoms with van der Waals surface area (Å²) in [6.45, 7) is 0.328. The lowest BCUT2D eigenvalue weighted by Crippen LogP contribution is -2.18. The maximum Gasteiger partial charge on any atom is 0.272 e. The van der Waals surface area contributed by atoms with Gasteiger partial charge in [0.05, 0.1) is 16.3 Å². The van der Waals surface area contributed by atoms with Crippen molar-refractivity contribution in [2.45, 2.75) is 6.61 Å². The minimum absolute atomic E-state index is 0.278. The molecule has 142 valence electrons. The fourth-order valence-corrected chi connectivity index (χ4v) is 3.30. The zero-order chi connectivity index (χ0) is 19.9. The van der Waals surface area contributed by atoms with Crippen molar-refractivity contribution in [1.29, 1.82) is 0 Å². The smallest absolute Gasteiger partial charge is 0.272 e. The van der Waals surface area contributed by atoms with E-state index in [-0.39, 0.29) is 11.7 Å². The van der Waals surface area contributed by atoms with Gasteiger partial charge >= 0.3 is 0 Å². The van der Waals surface area contributed by atoms with Gasteiger partial charge in [-0.05, 0) is 85.5 Å². The zero-order valence-electron chi connectivity index (χ0n) is 14.5. The predicted molar refractivity (Wildman–Crippen MR) is 114 cm³/mol. The van der Waals surface area contributed by atoms with E-state index in [1.165, 1.54) is 12.1 Å². The van der Waals surface area contributed by atoms with E-state index >= 15 is 0 Å². The second-order valence-electron chi connectivity index (χ2n) is 5.78. The van der Waals surface area contributed by atoms with E-state index in [0.29, 0.717) is 22.4 Å². The van der Waals surface area contributed by atoms with Crippen molar-refractivity contribution in [1.82, 2.24) is 5.43 Å². The summed E-state index contributed by atoms with van der Waals surface area (Å²) in [6.07, 6.45) is 1.54. The van der Waals surface area contributed by atoms with Crippen LogP contribution < -0.4 is 10.2 Å². The van der Waals surface area contributed by atoms with Crippen molar-refractivity contribution in [2.24, 2.45) is 5.10 Å². The van der Waals surface area contributed by atoms with Crippen molar-refractivity contribution in [3.8, 4) is 5.75 Å². The van der Waals surface area contributed by atoms with E-state index in [0.717, 1.165) is 15.6 Å². The van der Waals surface area contributed by atoms with E-state index in [9.17, 15) is 9.18 Å². The standard InChI is InChI=1S/C21H15Br2FN2O2/c22-18-4-2-1-3-17(18)21(27)26-25-12-15-7-10-20(19(23)11-15)28-13-14-5-8-16(24)9-6-14/h1-12H,13H2,(H,26,27)/b25-12-. The number of amides is 1. The monoisotopic (exact) mass is 504 g/mol. The summed E-state index contributed by atoms with van der Waals surface area (Å²) in [5.41, 5.74) is 4.66. The Hall–Kier alpha value is -2.51. The highest BCUT2D eigenvalue weighted by atomic mass is 79.9. The van der Waals surface area contributed by atoms with Gasteiger partial charge in [-0.25, -0.2) is 9.82 Å². The third-order valence-electron chi connectivity index (χ3n) is 3.76. The van der Waals surface area contributed by atoms with Gasteiger partial charge in [-0.1, -0.05) is 24.3 Å². The summed E-state index contributed by atoms with van der Waals surface area (Å²) in [4.78, 5) is 12.1. The van der Waals surface area contributed by atoms with Crippen LogP contribution in [-0.2, 0) is 6.61 Å². The molecule has 0 heterocycles. The maximum absolute atomic E-state index is 12.9. The second-order valence-corrected chi connectivity index (χ2v) is 7.49. The van der Waals surface area contributed by atoms with Crippen LogP contribution in [0.1, 0.15) is 21.5 Å². The first kappa shape index (κ1) is 20.2. The van der Waals surface area contributed by atoms with Gasteiger partial charge in [0.1, 0.15) is 18.2 Å². The topological polar surface area (TPSA) is 50.7 Å². The molecule has 0 fully saturated rings. The van der Waals surface area contributed by atoms with Gasteiger partial charge in [0, 0.05) is 4.47 Å². The first-order chi connectivity index (χ1) is 13.5. The van der Waals surface area contributed by atoms with Gasteiger partial charge in [0.25, 0.3) is 5.91 Å². The third-order valence-corrected chi connectivity index (χ3v) is 5.07. The molecule has 0 aliphatic rings. The minimum atomic E-state index is -0.304. The van der Waals surface area contributed by atoms with Crippen molar-refractivity contribution in [3.05, 3.63) is 98.2 Å². The molecule has 1 amide bonds. The first-order valence-electron chi connectivity index (χ1n) is 8.27. The molecule has 0 unspecified atom stereocenters. The number of hydrazone groups is 1. The summed E-state index contributed by atoms with van der Waals surface area (Å²) in [5, 5.41) is 3.99. The molecule has 3 rings (SSSR count). The lowest BCUT2D eigenvalue weighted by Gasteiger charge is -2.09. The van der Waals surface area contributed by atoms with Crippen LogP contribution in [-0.4, -0.2) is 12.1 Å². The molecule has 3 aromatic carbocycles. The van der Waals surface area contributed by atoms with Gasteiger partial charge in [-0.2, -0.15) is 5.10 Å². The van der Waals surface area contributed by atoms with E-state index in [2.05, 4.69) is 42.4 Å². The number of carbonyl (C=O) groups excluding carboxylic acids is 1. The second kappa shape index (κ2) is 9.61. The Morgan fingerprint density at radius 3 is 2.50 bits per heavy atom. The molecule has 7 heteroatoms. The van der Waals surface area contributed by atoms with Crippen LogP contribution in [0, 0.1) is 5.82 Å². The SMILES string of the molecule is O=C(N/N=C\c1ccc(OCc2ccc(F)cc2)c(Br)c1)c1ccccc1Br. The van der Waals surface area contributed by atoms with Crippen LogP contribution in [0.5, 0.6) is 5.75 Å². The Labute approximate surface area is 178 Å². The van der Waals surface area contributed by atoms with Crippen molar-refractivity contribution >= 4 is 44.0 Å². The normalized spacial score (nSPS) is 10.8. The molecule has 0 aliphatic carbocycles. The Bertz CT molecular complexity index is 1010. The van der Waals surface area contributed by atoms with Crippen molar-refractivity contribution in [3.63, 3.8) is 0 Å². The Balaban J connectivity index is 1.59. The van der Waals surface area contributed by atoms with Gasteiger partial charge in [-0.3, -0.25) is 4.79 Å². The summed E-state index contributed by atoms with van der Waals surface area (Å²) in [7, 11) is 0. The fourth-order valence-electron chi connectivity index (χ4n) is 2.33. The summed E-state index contributed by atoms with van der Waals surface area (Å²) < 4.78 is 20.1. The Morgan fingerprint density at radius 1 is 1.04 bits per heavy atom. The molecule has 0 aromatic heterocycles. The molecule has 0 spiro atoms. The van der Waals surface area contributed by atoms with Crippen molar-refractivity contribution < 1.29 is 13.9 Å². The highest BCUT2D eigenvalue weighted by Gasteiger charge is 2.07. The molecule has 28 heavy (non-hydrogen) atoms. The molecule has 0 radical (unpaired) electrons. The minimum Gasteiger partial charge on any atom is -0.488 e. The van der Waals surface area contributed by atoms with Crippen LogP contribution in [0.15, 0.2) is 80.8 Å². The van der Waals surface area contributed by atoms with Crippen LogP contribution in [0.25, 0.3) is 0 Å². The number of nitrogens with zero attached hydrogens (tertiary/aromatic N) is 1. The highest BCUT2D eigenvalue weighted by Crippen LogP contribution is 2.26. The number of ether oxygens (including phenoxy) is 1. The first-order valence-corrected chi connectivity index (χ1v) is 9.86. The highest BCUT2D eigenvalue weighted by molar-refractivity contribution is 9.10. The quantitative estimate of drug-likeness (QED) is 0.345. The Kier molecular flexibility index (Phi) is 6.95. The van der Waals surface area contributed by atoms with E-state index in [1.807, 2.05) is 18.2 Å². The number of rotatable bonds is 6. The van der Waals surface area contributed by atoms with Crippen LogP contribution in [0.3, 0.4) is 0 Å². The third kappa shape index (κ3) is 5.50. The number of carbonyl (C=O) groups is 1. The molecular weight excluding hydrogens is 491 g/mol. The largest absolute Gasteiger partial charge is 0.488 e. The summed E-state index contributed by atoms with van der Waals surface area (Å²) >= 11 is 6.79. The van der Waals surface area contributed by atoms with Crippen molar-refractivity contribution in [2.75, 3.05) is 0 Å². The lowest BCUT2D eigenvalue weighted by molar-refractivity contribution is 0.0954. The molecule has 1 N–H and O–H groups in total. The molecule has 0 aliphatic heterocycles. The average molecular weight is 506 g/mol. The molecule has 3 aromatic rings. The van der Waals surface area contributed by atoms with Crippen LogP contribution in [0.2, 0.25) is 0 Å². The number of hydrogen-bond acceptors (Lipinski definition) is 3. The Morgan fingerprint density at radius 2 is 1.79 bits per heavy atom. The fraction of sp³-hybridized carbons (Fsp3) is 0.0476. The van der Waals surface area contributed by atoms with Crippen LogP contribution in [0.4, 0.5) is 4.39 Å². The van der Waals surface area contributed by atoms with E-state index in [4.69, 9.17) is 4.74 Å². The van der Waals surface area contributed by atoms with Gasteiger partial charge < -0.3 is 4.74 Å². The van der Waals surface area contributed by atoms with Gasteiger partial charge in [0.15, 0.2) is 0 Å². The van der Waals surface area contributed by atoms with Gasteiger partial charge in [0.2, 0.25) is 0 Å². The summed E-state index contributed by atoms with van der Waals surface area (Å²) in [6, 6.07) is 18.7. The molecule has 0 bridgehead atoms. The maximum atomic E-state index is 12.9. The average Bonchev–Trinajstić information content (AvgIpc) is 2.69. The molecule has 0 atom stereocenters. The summed E-state index contributed by atoms with van der Waals surface area (Å²) in [5.74, 6) is 0.0704. The van der Waals surface area contributed by atoms with Gasteiger partial charge in [-0.15, -0.1) is 0 Å². The van der Waals surface area contributed by atoms with E-state index < -0.39 is 0 Å². The lowest BCUT2D eigenvalue weighted by atomic mass is 10.2. The number of nitrogens with one attached hydrogen (secondary N) is 1. The molecular formula is C21H15Br2FN2O2. The number of benzene rings is 3. The zero-order valence-corrected chi connectivity index (χ0v) is 17.7. The molecule has 0 saturated heterocycles. The molecule has 0 saturated carbocycles. The number of halogens is 3. The number of hydrogen-bond donors (Lipinski definition) is 1.